The first-order valence-corrected chi connectivity index (χ1v) is 8.47. The molecule has 1 aromatic carbocycles. The lowest BCUT2D eigenvalue weighted by Gasteiger charge is -2.34. The number of fused-ring (bicyclic) bond motifs is 3. The summed E-state index contributed by atoms with van der Waals surface area (Å²) in [5, 5.41) is 0. The molecule has 0 aromatic heterocycles. The molecule has 0 saturated heterocycles. The summed E-state index contributed by atoms with van der Waals surface area (Å²) in [6.07, 6.45) is -3.30. The number of hydrogen-bond donors (Lipinski definition) is 0. The summed E-state index contributed by atoms with van der Waals surface area (Å²) in [5.74, 6) is -1.83. The average Bonchev–Trinajstić information content (AvgIpc) is 3.01. The first-order valence-electron chi connectivity index (χ1n) is 8.47. The molecule has 156 valence electrons. The van der Waals surface area contributed by atoms with E-state index in [1.807, 2.05) is 0 Å². The highest BCUT2D eigenvalue weighted by Gasteiger charge is 2.49. The summed E-state index contributed by atoms with van der Waals surface area (Å²) in [4.78, 5) is 5.50. The Kier molecular flexibility index (Phi) is 4.43. The van der Waals surface area contributed by atoms with Gasteiger partial charge in [-0.2, -0.15) is 26.3 Å². The number of hydrogen-bond acceptors (Lipinski definition) is 5. The molecule has 1 atom stereocenters. The number of rotatable bonds is 3. The van der Waals surface area contributed by atoms with Crippen LogP contribution < -0.4 is 9.47 Å². The molecule has 3 aliphatic heterocycles. The lowest BCUT2D eigenvalue weighted by Crippen LogP contribution is -2.37. The van der Waals surface area contributed by atoms with Crippen molar-refractivity contribution >= 4 is 5.84 Å². The maximum atomic E-state index is 14.6. The lowest BCUT2D eigenvalue weighted by atomic mass is 9.85. The maximum Gasteiger partial charge on any atom is 0.417 e. The van der Waals surface area contributed by atoms with E-state index in [2.05, 4.69) is 9.73 Å². The van der Waals surface area contributed by atoms with Crippen LogP contribution in [0.15, 0.2) is 40.7 Å². The molecule has 0 saturated carbocycles. The highest BCUT2D eigenvalue weighted by molar-refractivity contribution is 6.00. The van der Waals surface area contributed by atoms with Crippen LogP contribution in [0.25, 0.3) is 0 Å². The molecule has 0 radical (unpaired) electrons. The molecule has 4 rings (SSSR count). The van der Waals surface area contributed by atoms with Crippen LogP contribution in [-0.4, -0.2) is 43.8 Å². The number of aliphatic imine (C=N–C) groups is 1. The second kappa shape index (κ2) is 6.60. The largest absolute Gasteiger partial charge is 0.494 e. The Labute approximate surface area is 160 Å². The lowest BCUT2D eigenvalue weighted by molar-refractivity contribution is -0.0981. The van der Waals surface area contributed by atoms with Crippen LogP contribution in [0.5, 0.6) is 11.5 Å². The SMILES string of the molecule is COc1ccc2c(c1F)OCC[C@@]21CN2C=C(C(F)(F)F)C=C(OC(F)F)C2=N1. The predicted octanol–water partition coefficient (Wildman–Crippen LogP) is 4.11. The number of amidine groups is 1. The Balaban J connectivity index is 1.82. The second-order valence-corrected chi connectivity index (χ2v) is 6.62. The quantitative estimate of drug-likeness (QED) is 0.691. The van der Waals surface area contributed by atoms with E-state index in [0.29, 0.717) is 11.6 Å². The fraction of sp³-hybridized carbons (Fsp3) is 0.389. The van der Waals surface area contributed by atoms with Gasteiger partial charge < -0.3 is 19.1 Å². The summed E-state index contributed by atoms with van der Waals surface area (Å²) < 4.78 is 94.5. The molecule has 0 amide bonds. The van der Waals surface area contributed by atoms with Gasteiger partial charge in [-0.1, -0.05) is 0 Å². The molecule has 0 N–H and O–H groups in total. The van der Waals surface area contributed by atoms with Crippen LogP contribution in [0.3, 0.4) is 0 Å². The van der Waals surface area contributed by atoms with Gasteiger partial charge in [0.05, 0.1) is 25.8 Å². The van der Waals surface area contributed by atoms with E-state index in [1.165, 1.54) is 19.2 Å². The first kappa shape index (κ1) is 19.5. The molecule has 5 nitrogen and oxygen atoms in total. The maximum absolute atomic E-state index is 14.6. The fourth-order valence-corrected chi connectivity index (χ4v) is 3.65. The number of allylic oxidation sites excluding steroid dienone is 2. The van der Waals surface area contributed by atoms with Crippen LogP contribution in [0.1, 0.15) is 12.0 Å². The highest BCUT2D eigenvalue weighted by atomic mass is 19.4. The Morgan fingerprint density at radius 2 is 2.03 bits per heavy atom. The smallest absolute Gasteiger partial charge is 0.417 e. The van der Waals surface area contributed by atoms with Gasteiger partial charge >= 0.3 is 12.8 Å². The van der Waals surface area contributed by atoms with Crippen molar-refractivity contribution in [1.29, 1.82) is 0 Å². The van der Waals surface area contributed by atoms with Crippen LogP contribution in [-0.2, 0) is 10.3 Å². The van der Waals surface area contributed by atoms with Gasteiger partial charge in [0.1, 0.15) is 5.54 Å². The average molecular weight is 420 g/mol. The van der Waals surface area contributed by atoms with Gasteiger partial charge in [0.25, 0.3) is 0 Å². The summed E-state index contributed by atoms with van der Waals surface area (Å²) in [6, 6.07) is 2.86. The topological polar surface area (TPSA) is 43.3 Å². The monoisotopic (exact) mass is 420 g/mol. The minimum absolute atomic E-state index is 0.0340. The number of alkyl halides is 5. The molecule has 1 aromatic rings. The summed E-state index contributed by atoms with van der Waals surface area (Å²) in [5.41, 5.74) is -2.04. The van der Waals surface area contributed by atoms with Crippen molar-refractivity contribution in [2.24, 2.45) is 4.99 Å². The molecular weight excluding hydrogens is 406 g/mol. The molecule has 0 bridgehead atoms. The Bertz CT molecular complexity index is 940. The summed E-state index contributed by atoms with van der Waals surface area (Å²) >= 11 is 0. The molecular formula is C18H14F6N2O3. The van der Waals surface area contributed by atoms with Crippen molar-refractivity contribution in [2.75, 3.05) is 20.3 Å². The zero-order valence-corrected chi connectivity index (χ0v) is 14.9. The van der Waals surface area contributed by atoms with Gasteiger partial charge in [0.15, 0.2) is 23.1 Å². The van der Waals surface area contributed by atoms with Crippen LogP contribution in [0.4, 0.5) is 26.3 Å². The normalized spacial score (nSPS) is 23.2. The van der Waals surface area contributed by atoms with Gasteiger partial charge in [-0.25, -0.2) is 0 Å². The van der Waals surface area contributed by atoms with E-state index >= 15 is 0 Å². The van der Waals surface area contributed by atoms with E-state index in [0.717, 1.165) is 11.1 Å². The second-order valence-electron chi connectivity index (χ2n) is 6.62. The number of halogens is 6. The van der Waals surface area contributed by atoms with E-state index in [9.17, 15) is 26.3 Å². The Hall–Kier alpha value is -2.85. The van der Waals surface area contributed by atoms with Crippen molar-refractivity contribution < 1.29 is 40.6 Å². The third kappa shape index (κ3) is 3.18. The van der Waals surface area contributed by atoms with Gasteiger partial charge in [0.2, 0.25) is 5.82 Å². The van der Waals surface area contributed by atoms with Crippen LogP contribution in [0, 0.1) is 5.82 Å². The van der Waals surface area contributed by atoms with Crippen molar-refractivity contribution in [3.05, 3.63) is 47.1 Å². The van der Waals surface area contributed by atoms with Crippen molar-refractivity contribution in [1.82, 2.24) is 4.90 Å². The predicted molar refractivity (Wildman–Crippen MR) is 88.2 cm³/mol. The van der Waals surface area contributed by atoms with Crippen molar-refractivity contribution in [3.63, 3.8) is 0 Å². The molecule has 0 fully saturated rings. The molecule has 0 unspecified atom stereocenters. The van der Waals surface area contributed by atoms with E-state index in [4.69, 9.17) is 9.47 Å². The zero-order valence-electron chi connectivity index (χ0n) is 14.9. The Morgan fingerprint density at radius 3 is 2.69 bits per heavy atom. The molecule has 29 heavy (non-hydrogen) atoms. The molecule has 3 aliphatic rings. The summed E-state index contributed by atoms with van der Waals surface area (Å²) in [6.45, 7) is -3.42. The molecule has 11 heteroatoms. The van der Waals surface area contributed by atoms with E-state index in [-0.39, 0.29) is 36.9 Å². The van der Waals surface area contributed by atoms with Gasteiger partial charge in [0, 0.05) is 18.2 Å². The standard InChI is InChI=1S/C18H14F6N2O3/c1-27-11-3-2-10-14(13(11)19)28-5-4-17(10)8-26-7-9(18(22,23)24)6-12(15(26)25-17)29-16(20)21/h2-3,6-7,16H,4-5,8H2,1H3/t17-/m1/s1. The van der Waals surface area contributed by atoms with Crippen LogP contribution >= 0.6 is 0 Å². The van der Waals surface area contributed by atoms with E-state index < -0.39 is 35.5 Å². The minimum atomic E-state index is -4.77. The minimum Gasteiger partial charge on any atom is -0.494 e. The van der Waals surface area contributed by atoms with Gasteiger partial charge in [-0.3, -0.25) is 4.99 Å². The van der Waals surface area contributed by atoms with Crippen LogP contribution in [0.2, 0.25) is 0 Å². The number of ether oxygens (including phenoxy) is 3. The van der Waals surface area contributed by atoms with E-state index in [1.54, 1.807) is 0 Å². The number of benzene rings is 1. The van der Waals surface area contributed by atoms with Gasteiger partial charge in [-0.15, -0.1) is 0 Å². The fourth-order valence-electron chi connectivity index (χ4n) is 3.65. The third-order valence-corrected chi connectivity index (χ3v) is 4.91. The molecule has 1 spiro atoms. The first-order chi connectivity index (χ1) is 13.6. The molecule has 0 aliphatic carbocycles. The number of nitrogens with zero attached hydrogens (tertiary/aromatic N) is 2. The van der Waals surface area contributed by atoms with Crippen molar-refractivity contribution in [3.8, 4) is 11.5 Å². The zero-order chi connectivity index (χ0) is 21.0. The van der Waals surface area contributed by atoms with Gasteiger partial charge in [-0.05, 0) is 18.2 Å². The number of methoxy groups -OCH3 is 1. The summed E-state index contributed by atoms with van der Waals surface area (Å²) in [7, 11) is 1.28. The van der Waals surface area contributed by atoms with Crippen molar-refractivity contribution in [2.45, 2.75) is 24.7 Å². The third-order valence-electron chi connectivity index (χ3n) is 4.91. The molecule has 3 heterocycles. The highest BCUT2D eigenvalue weighted by Crippen LogP contribution is 2.48. The Morgan fingerprint density at radius 1 is 1.28 bits per heavy atom.